The Morgan fingerprint density at radius 1 is 1.26 bits per heavy atom. The molecule has 1 atom stereocenters. The first-order valence-electron chi connectivity index (χ1n) is 7.02. The van der Waals surface area contributed by atoms with Crippen molar-refractivity contribution in [2.45, 2.75) is 12.3 Å². The number of anilines is 1. The van der Waals surface area contributed by atoms with Gasteiger partial charge in [0.25, 0.3) is 5.56 Å². The maximum Gasteiger partial charge on any atom is 0.271 e. The summed E-state index contributed by atoms with van der Waals surface area (Å²) in [6.07, 6.45) is 1.39. The van der Waals surface area contributed by atoms with E-state index >= 15 is 0 Å². The molecule has 1 saturated heterocycles. The van der Waals surface area contributed by atoms with Gasteiger partial charge in [-0.2, -0.15) is 0 Å². The SMILES string of the molecule is COc1cc(F)c(C2CC(=O)N(c3ccc[nH]c3=O)C2)c(F)c1. The summed E-state index contributed by atoms with van der Waals surface area (Å²) in [6.45, 7) is 0.0477. The molecule has 0 radical (unpaired) electrons. The topological polar surface area (TPSA) is 62.4 Å². The molecular formula is C16H14F2N2O3. The van der Waals surface area contributed by atoms with Crippen molar-refractivity contribution in [1.82, 2.24) is 4.98 Å². The molecule has 3 rings (SSSR count). The van der Waals surface area contributed by atoms with Crippen molar-refractivity contribution in [2.75, 3.05) is 18.6 Å². The molecule has 1 aliphatic rings. The molecule has 0 bridgehead atoms. The molecule has 7 heteroatoms. The van der Waals surface area contributed by atoms with E-state index in [9.17, 15) is 18.4 Å². The molecule has 0 aliphatic carbocycles. The Hall–Kier alpha value is -2.70. The van der Waals surface area contributed by atoms with Crippen LogP contribution in [0.3, 0.4) is 0 Å². The number of aromatic nitrogens is 1. The molecule has 5 nitrogen and oxygen atoms in total. The van der Waals surface area contributed by atoms with E-state index in [1.807, 2.05) is 0 Å². The first kappa shape index (κ1) is 15.2. The number of nitrogens with zero attached hydrogens (tertiary/aromatic N) is 1. The molecule has 2 aromatic rings. The van der Waals surface area contributed by atoms with E-state index in [0.29, 0.717) is 0 Å². The Morgan fingerprint density at radius 3 is 2.57 bits per heavy atom. The van der Waals surface area contributed by atoms with Crippen LogP contribution in [0, 0.1) is 11.6 Å². The zero-order chi connectivity index (χ0) is 16.6. The summed E-state index contributed by atoms with van der Waals surface area (Å²) < 4.78 is 33.2. The van der Waals surface area contributed by atoms with E-state index in [2.05, 4.69) is 4.98 Å². The van der Waals surface area contributed by atoms with Crippen LogP contribution in [0.25, 0.3) is 0 Å². The van der Waals surface area contributed by atoms with Gasteiger partial charge in [0, 0.05) is 42.8 Å². The number of nitrogens with one attached hydrogen (secondary N) is 1. The molecule has 1 unspecified atom stereocenters. The smallest absolute Gasteiger partial charge is 0.271 e. The molecule has 1 aliphatic heterocycles. The van der Waals surface area contributed by atoms with Gasteiger partial charge in [0.05, 0.1) is 7.11 Å². The van der Waals surface area contributed by atoms with E-state index in [-0.39, 0.29) is 35.9 Å². The minimum atomic E-state index is -0.761. The highest BCUT2D eigenvalue weighted by Crippen LogP contribution is 2.34. The summed E-state index contributed by atoms with van der Waals surface area (Å²) in [5.74, 6) is -2.45. The fourth-order valence-corrected chi connectivity index (χ4v) is 2.83. The summed E-state index contributed by atoms with van der Waals surface area (Å²) in [4.78, 5) is 27.7. The molecular weight excluding hydrogens is 306 g/mol. The van der Waals surface area contributed by atoms with Gasteiger partial charge in [-0.25, -0.2) is 8.78 Å². The van der Waals surface area contributed by atoms with Crippen LogP contribution in [0.5, 0.6) is 5.75 Å². The molecule has 1 aromatic carbocycles. The van der Waals surface area contributed by atoms with Gasteiger partial charge in [0.1, 0.15) is 23.1 Å². The number of hydrogen-bond donors (Lipinski definition) is 1. The van der Waals surface area contributed by atoms with Crippen molar-refractivity contribution in [3.05, 3.63) is 58.0 Å². The molecule has 0 saturated carbocycles. The van der Waals surface area contributed by atoms with Crippen LogP contribution < -0.4 is 15.2 Å². The van der Waals surface area contributed by atoms with Gasteiger partial charge in [0.2, 0.25) is 5.91 Å². The number of pyridine rings is 1. The summed E-state index contributed by atoms with van der Waals surface area (Å²) in [5.41, 5.74) is -0.402. The van der Waals surface area contributed by atoms with Crippen molar-refractivity contribution in [2.24, 2.45) is 0 Å². The third kappa shape index (κ3) is 2.69. The largest absolute Gasteiger partial charge is 0.497 e. The lowest BCUT2D eigenvalue weighted by Crippen LogP contribution is -2.30. The van der Waals surface area contributed by atoms with Gasteiger partial charge in [-0.1, -0.05) is 0 Å². The zero-order valence-corrected chi connectivity index (χ0v) is 12.3. The van der Waals surface area contributed by atoms with Gasteiger partial charge in [-0.15, -0.1) is 0 Å². The number of hydrogen-bond acceptors (Lipinski definition) is 3. The minimum Gasteiger partial charge on any atom is -0.497 e. The fraction of sp³-hybridized carbons (Fsp3) is 0.250. The van der Waals surface area contributed by atoms with Crippen LogP contribution in [0.4, 0.5) is 14.5 Å². The van der Waals surface area contributed by atoms with E-state index in [1.54, 1.807) is 6.07 Å². The zero-order valence-electron chi connectivity index (χ0n) is 12.3. The minimum absolute atomic E-state index is 0.0477. The number of ether oxygens (including phenoxy) is 1. The Balaban J connectivity index is 1.95. The number of carbonyl (C=O) groups excluding carboxylic acids is 1. The number of methoxy groups -OCH3 is 1. The highest BCUT2D eigenvalue weighted by molar-refractivity contribution is 5.96. The molecule has 1 fully saturated rings. The molecule has 120 valence electrons. The van der Waals surface area contributed by atoms with Crippen LogP contribution in [-0.2, 0) is 4.79 Å². The average Bonchev–Trinajstić information content (AvgIpc) is 2.88. The van der Waals surface area contributed by atoms with E-state index in [4.69, 9.17) is 4.74 Å². The van der Waals surface area contributed by atoms with Gasteiger partial charge < -0.3 is 14.6 Å². The standard InChI is InChI=1S/C16H14F2N2O3/c1-23-10-6-11(17)15(12(18)7-10)9-5-14(21)20(8-9)13-3-2-4-19-16(13)22/h2-4,6-7,9H,5,8H2,1H3,(H,19,22). The second kappa shape index (κ2) is 5.83. The fourth-order valence-electron chi connectivity index (χ4n) is 2.83. The normalized spacial score (nSPS) is 17.6. The molecule has 1 N–H and O–H groups in total. The van der Waals surface area contributed by atoms with Gasteiger partial charge in [-0.05, 0) is 12.1 Å². The number of halogens is 2. The van der Waals surface area contributed by atoms with Crippen molar-refractivity contribution < 1.29 is 18.3 Å². The van der Waals surface area contributed by atoms with Gasteiger partial charge in [0.15, 0.2) is 0 Å². The number of carbonyl (C=O) groups is 1. The third-order valence-electron chi connectivity index (χ3n) is 3.91. The van der Waals surface area contributed by atoms with Crippen molar-refractivity contribution in [1.29, 1.82) is 0 Å². The predicted octanol–water partition coefficient (Wildman–Crippen LogP) is 2.18. The summed E-state index contributed by atoms with van der Waals surface area (Å²) in [5, 5.41) is 0. The number of benzene rings is 1. The van der Waals surface area contributed by atoms with Crippen molar-refractivity contribution in [3.63, 3.8) is 0 Å². The van der Waals surface area contributed by atoms with Crippen LogP contribution >= 0.6 is 0 Å². The Morgan fingerprint density at radius 2 is 1.96 bits per heavy atom. The van der Waals surface area contributed by atoms with Gasteiger partial charge >= 0.3 is 0 Å². The van der Waals surface area contributed by atoms with Crippen molar-refractivity contribution in [3.8, 4) is 5.75 Å². The van der Waals surface area contributed by atoms with Crippen LogP contribution in [0.1, 0.15) is 17.9 Å². The molecule has 1 amide bonds. The molecule has 23 heavy (non-hydrogen) atoms. The average molecular weight is 320 g/mol. The first-order chi connectivity index (χ1) is 11.0. The number of rotatable bonds is 3. The summed E-state index contributed by atoms with van der Waals surface area (Å²) in [6, 6.07) is 5.26. The van der Waals surface area contributed by atoms with Crippen LogP contribution in [0.15, 0.2) is 35.3 Å². The Kier molecular flexibility index (Phi) is 3.85. The number of aromatic amines is 1. The molecule has 2 heterocycles. The van der Waals surface area contributed by atoms with E-state index in [0.717, 1.165) is 12.1 Å². The maximum absolute atomic E-state index is 14.2. The quantitative estimate of drug-likeness (QED) is 0.943. The lowest BCUT2D eigenvalue weighted by atomic mass is 9.97. The Bertz CT molecular complexity index is 796. The third-order valence-corrected chi connectivity index (χ3v) is 3.91. The second-order valence-electron chi connectivity index (χ2n) is 5.29. The van der Waals surface area contributed by atoms with Crippen LogP contribution in [0.2, 0.25) is 0 Å². The number of H-pyrrole nitrogens is 1. The maximum atomic E-state index is 14.2. The van der Waals surface area contributed by atoms with E-state index < -0.39 is 23.1 Å². The number of amides is 1. The van der Waals surface area contributed by atoms with E-state index in [1.165, 1.54) is 24.3 Å². The highest BCUT2D eigenvalue weighted by atomic mass is 19.1. The summed E-state index contributed by atoms with van der Waals surface area (Å²) in [7, 11) is 1.32. The monoisotopic (exact) mass is 320 g/mol. The predicted molar refractivity (Wildman–Crippen MR) is 79.7 cm³/mol. The van der Waals surface area contributed by atoms with Crippen molar-refractivity contribution >= 4 is 11.6 Å². The lowest BCUT2D eigenvalue weighted by Gasteiger charge is -2.16. The van der Waals surface area contributed by atoms with Gasteiger partial charge in [-0.3, -0.25) is 9.59 Å². The second-order valence-corrected chi connectivity index (χ2v) is 5.29. The molecule has 1 aromatic heterocycles. The van der Waals surface area contributed by atoms with Crippen LogP contribution in [-0.4, -0.2) is 24.5 Å². The Labute approximate surface area is 130 Å². The summed E-state index contributed by atoms with van der Waals surface area (Å²) >= 11 is 0. The lowest BCUT2D eigenvalue weighted by molar-refractivity contribution is -0.117. The first-order valence-corrected chi connectivity index (χ1v) is 7.02. The highest BCUT2D eigenvalue weighted by Gasteiger charge is 2.35. The molecule has 0 spiro atoms.